The number of aromatic nitrogens is 2. The van der Waals surface area contributed by atoms with Gasteiger partial charge in [0.15, 0.2) is 0 Å². The van der Waals surface area contributed by atoms with E-state index in [-0.39, 0.29) is 5.41 Å². The lowest BCUT2D eigenvalue weighted by atomic mass is 9.75. The molecular formula is C19H18N4. The summed E-state index contributed by atoms with van der Waals surface area (Å²) >= 11 is 0. The van der Waals surface area contributed by atoms with Crippen LogP contribution in [-0.2, 0) is 11.8 Å². The summed E-state index contributed by atoms with van der Waals surface area (Å²) in [6.45, 7) is 2.15. The number of nitrogens with zero attached hydrogens (tertiary/aromatic N) is 2. The van der Waals surface area contributed by atoms with Gasteiger partial charge in [0.05, 0.1) is 5.56 Å². The van der Waals surface area contributed by atoms with Gasteiger partial charge in [0.2, 0.25) is 0 Å². The first kappa shape index (κ1) is 15.0. The molecule has 4 nitrogen and oxygen atoms in total. The second kappa shape index (κ2) is 6.05. The van der Waals surface area contributed by atoms with Crippen LogP contribution in [0.4, 0.5) is 0 Å². The van der Waals surface area contributed by atoms with Crippen LogP contribution in [0.5, 0.6) is 0 Å². The van der Waals surface area contributed by atoms with Crippen LogP contribution in [0.3, 0.4) is 0 Å². The third kappa shape index (κ3) is 2.86. The summed E-state index contributed by atoms with van der Waals surface area (Å²) in [7, 11) is 0. The Morgan fingerprint density at radius 2 is 2.22 bits per heavy atom. The highest BCUT2D eigenvalue weighted by atomic mass is 14.7. The Balaban J connectivity index is 2.06. The van der Waals surface area contributed by atoms with E-state index in [1.165, 1.54) is 6.21 Å². The maximum atomic E-state index is 9.24. The number of aromatic amines is 1. The number of pyridine rings is 1. The van der Waals surface area contributed by atoms with Crippen molar-refractivity contribution in [3.63, 3.8) is 0 Å². The quantitative estimate of drug-likeness (QED) is 0.699. The smallest absolute Gasteiger partial charge is 0.101 e. The van der Waals surface area contributed by atoms with Crippen molar-refractivity contribution in [2.45, 2.75) is 25.2 Å². The molecule has 2 N–H and O–H groups in total. The van der Waals surface area contributed by atoms with Crippen molar-refractivity contribution in [3.05, 3.63) is 65.6 Å². The van der Waals surface area contributed by atoms with Crippen molar-refractivity contribution in [1.29, 1.82) is 10.7 Å². The molecule has 0 amide bonds. The van der Waals surface area contributed by atoms with Crippen LogP contribution in [0.1, 0.15) is 30.2 Å². The van der Waals surface area contributed by atoms with Gasteiger partial charge in [-0.2, -0.15) is 5.26 Å². The Labute approximate surface area is 135 Å². The summed E-state index contributed by atoms with van der Waals surface area (Å²) in [6.07, 6.45) is 6.36. The molecule has 0 radical (unpaired) electrons. The highest BCUT2D eigenvalue weighted by molar-refractivity contribution is 5.86. The minimum Gasteiger partial charge on any atom is -0.360 e. The second-order valence-corrected chi connectivity index (χ2v) is 6.04. The lowest BCUT2D eigenvalue weighted by Crippen LogP contribution is -2.26. The Kier molecular flexibility index (Phi) is 3.94. The number of rotatable bonds is 5. The van der Waals surface area contributed by atoms with Gasteiger partial charge in [0, 0.05) is 34.4 Å². The molecule has 0 aliphatic carbocycles. The summed E-state index contributed by atoms with van der Waals surface area (Å²) in [5.74, 6) is 0. The first-order chi connectivity index (χ1) is 11.2. The topological polar surface area (TPSA) is 76.3 Å². The fourth-order valence-electron chi connectivity index (χ4n) is 3.01. The molecule has 1 atom stereocenters. The highest BCUT2D eigenvalue weighted by Crippen LogP contribution is 2.33. The number of fused-ring (bicyclic) bond motifs is 1. The predicted octanol–water partition coefficient (Wildman–Crippen LogP) is 3.97. The standard InChI is InChI=1S/C19H18N4/c1-19(7-8-20,11-16-4-2-3-9-22-16)15-5-6-18-17(10-15)14(12-21)13-23-18/h2-6,8-10,13,20,23H,7,11H2,1H3. The zero-order chi connectivity index (χ0) is 16.3. The van der Waals surface area contributed by atoms with E-state index in [9.17, 15) is 5.26 Å². The second-order valence-electron chi connectivity index (χ2n) is 6.04. The summed E-state index contributed by atoms with van der Waals surface area (Å²) in [6, 6.07) is 14.3. The van der Waals surface area contributed by atoms with E-state index < -0.39 is 0 Å². The fraction of sp³-hybridized carbons (Fsp3) is 0.211. The fourth-order valence-corrected chi connectivity index (χ4v) is 3.01. The molecule has 2 aromatic heterocycles. The van der Waals surface area contributed by atoms with E-state index in [4.69, 9.17) is 5.41 Å². The summed E-state index contributed by atoms with van der Waals surface area (Å²) < 4.78 is 0. The van der Waals surface area contributed by atoms with Crippen molar-refractivity contribution in [3.8, 4) is 6.07 Å². The third-order valence-corrected chi connectivity index (χ3v) is 4.35. The number of nitriles is 1. The van der Waals surface area contributed by atoms with Gasteiger partial charge in [-0.3, -0.25) is 4.98 Å². The van der Waals surface area contributed by atoms with Gasteiger partial charge >= 0.3 is 0 Å². The molecule has 0 aliphatic heterocycles. The monoisotopic (exact) mass is 302 g/mol. The number of nitrogens with one attached hydrogen (secondary N) is 2. The Morgan fingerprint density at radius 1 is 1.35 bits per heavy atom. The van der Waals surface area contributed by atoms with E-state index in [1.807, 2.05) is 24.3 Å². The molecule has 0 saturated heterocycles. The van der Waals surface area contributed by atoms with Crippen LogP contribution in [-0.4, -0.2) is 16.2 Å². The van der Waals surface area contributed by atoms with Gasteiger partial charge in [-0.05, 0) is 48.9 Å². The SMILES string of the molecule is CC(CC=N)(Cc1ccccn1)c1ccc2[nH]cc(C#N)c2c1. The summed E-state index contributed by atoms with van der Waals surface area (Å²) in [5.41, 5.74) is 3.51. The average Bonchev–Trinajstić information content (AvgIpc) is 2.98. The number of hydrogen-bond donors (Lipinski definition) is 2. The van der Waals surface area contributed by atoms with E-state index in [0.717, 1.165) is 28.6 Å². The molecule has 1 unspecified atom stereocenters. The normalized spacial score (nSPS) is 13.4. The summed E-state index contributed by atoms with van der Waals surface area (Å²) in [4.78, 5) is 7.54. The van der Waals surface area contributed by atoms with E-state index in [1.54, 1.807) is 12.4 Å². The first-order valence-corrected chi connectivity index (χ1v) is 7.57. The van der Waals surface area contributed by atoms with Crippen molar-refractivity contribution < 1.29 is 0 Å². The molecule has 23 heavy (non-hydrogen) atoms. The Morgan fingerprint density at radius 3 is 2.91 bits per heavy atom. The van der Waals surface area contributed by atoms with Crippen molar-refractivity contribution in [2.75, 3.05) is 0 Å². The largest absolute Gasteiger partial charge is 0.360 e. The predicted molar refractivity (Wildman–Crippen MR) is 91.7 cm³/mol. The van der Waals surface area contributed by atoms with Crippen molar-refractivity contribution >= 4 is 17.1 Å². The van der Waals surface area contributed by atoms with E-state index >= 15 is 0 Å². The summed E-state index contributed by atoms with van der Waals surface area (Å²) in [5, 5.41) is 17.8. The number of H-pyrrole nitrogens is 1. The minimum absolute atomic E-state index is 0.228. The number of benzene rings is 1. The molecule has 4 heteroatoms. The van der Waals surface area contributed by atoms with E-state index in [0.29, 0.717) is 12.0 Å². The molecule has 1 aromatic carbocycles. The Bertz CT molecular complexity index is 873. The van der Waals surface area contributed by atoms with Crippen molar-refractivity contribution in [1.82, 2.24) is 9.97 Å². The Hall–Kier alpha value is -2.93. The van der Waals surface area contributed by atoms with Gasteiger partial charge < -0.3 is 10.4 Å². The maximum Gasteiger partial charge on any atom is 0.101 e. The zero-order valence-electron chi connectivity index (χ0n) is 13.0. The lowest BCUT2D eigenvalue weighted by molar-refractivity contribution is 0.485. The van der Waals surface area contributed by atoms with Crippen molar-refractivity contribution in [2.24, 2.45) is 0 Å². The third-order valence-electron chi connectivity index (χ3n) is 4.35. The van der Waals surface area contributed by atoms with Crippen LogP contribution in [0.15, 0.2) is 48.8 Å². The van der Waals surface area contributed by atoms with Gasteiger partial charge in [-0.25, -0.2) is 0 Å². The van der Waals surface area contributed by atoms with Crippen LogP contribution >= 0.6 is 0 Å². The molecule has 0 saturated carbocycles. The lowest BCUT2D eigenvalue weighted by Gasteiger charge is -2.28. The van der Waals surface area contributed by atoms with Crippen LogP contribution < -0.4 is 0 Å². The zero-order valence-corrected chi connectivity index (χ0v) is 13.0. The van der Waals surface area contributed by atoms with E-state index in [2.05, 4.69) is 35.1 Å². The molecule has 0 fully saturated rings. The van der Waals surface area contributed by atoms with Gasteiger partial charge in [0.1, 0.15) is 6.07 Å². The molecule has 114 valence electrons. The highest BCUT2D eigenvalue weighted by Gasteiger charge is 2.27. The molecular weight excluding hydrogens is 284 g/mol. The molecule has 3 aromatic rings. The van der Waals surface area contributed by atoms with Crippen LogP contribution in [0.2, 0.25) is 0 Å². The molecule has 3 rings (SSSR count). The first-order valence-electron chi connectivity index (χ1n) is 7.57. The van der Waals surface area contributed by atoms with Crippen LogP contribution in [0.25, 0.3) is 10.9 Å². The molecule has 0 bridgehead atoms. The minimum atomic E-state index is -0.228. The molecule has 2 heterocycles. The van der Waals surface area contributed by atoms with Gasteiger partial charge in [-0.15, -0.1) is 0 Å². The molecule has 0 spiro atoms. The molecule has 0 aliphatic rings. The van der Waals surface area contributed by atoms with Gasteiger partial charge in [-0.1, -0.05) is 19.1 Å². The average molecular weight is 302 g/mol. The maximum absolute atomic E-state index is 9.24. The number of hydrogen-bond acceptors (Lipinski definition) is 3. The van der Waals surface area contributed by atoms with Crippen LogP contribution in [0, 0.1) is 16.7 Å². The van der Waals surface area contributed by atoms with Gasteiger partial charge in [0.25, 0.3) is 0 Å².